The van der Waals surface area contributed by atoms with Crippen LogP contribution in [0, 0.1) is 11.3 Å². The van der Waals surface area contributed by atoms with Crippen LogP contribution >= 0.6 is 0 Å². The number of esters is 1. The number of amides is 1. The third-order valence-electron chi connectivity index (χ3n) is 5.53. The summed E-state index contributed by atoms with van der Waals surface area (Å²) < 4.78 is 5.11. The van der Waals surface area contributed by atoms with Gasteiger partial charge in [-0.1, -0.05) is 62.4 Å². The van der Waals surface area contributed by atoms with E-state index < -0.39 is 5.97 Å². The van der Waals surface area contributed by atoms with Gasteiger partial charge >= 0.3 is 11.9 Å². The Kier molecular flexibility index (Phi) is 9.03. The number of nitrogens with one attached hydrogen (secondary N) is 1. The molecule has 3 atom stereocenters. The molecule has 0 radical (unpaired) electrons. The highest BCUT2D eigenvalue weighted by Crippen LogP contribution is 2.37. The lowest BCUT2D eigenvalue weighted by Gasteiger charge is -2.33. The molecule has 0 heterocycles. The third-order valence-corrected chi connectivity index (χ3v) is 5.53. The lowest BCUT2D eigenvalue weighted by molar-refractivity contribution is -0.148. The zero-order valence-corrected chi connectivity index (χ0v) is 18.6. The summed E-state index contributed by atoms with van der Waals surface area (Å²) in [7, 11) is 0. The molecule has 2 unspecified atom stereocenters. The Balaban J connectivity index is 2.07. The average Bonchev–Trinajstić information content (AvgIpc) is 2.73. The van der Waals surface area contributed by atoms with E-state index in [1.165, 1.54) is 5.57 Å². The highest BCUT2D eigenvalue weighted by Gasteiger charge is 2.30. The van der Waals surface area contributed by atoms with Crippen molar-refractivity contribution in [2.45, 2.75) is 58.9 Å². The molecular formula is C25H33NO5. The Morgan fingerprint density at radius 2 is 1.90 bits per heavy atom. The zero-order valence-electron chi connectivity index (χ0n) is 18.6. The van der Waals surface area contributed by atoms with Gasteiger partial charge in [-0.05, 0) is 42.7 Å². The van der Waals surface area contributed by atoms with Crippen molar-refractivity contribution in [3.05, 3.63) is 54.1 Å². The maximum atomic E-state index is 12.3. The van der Waals surface area contributed by atoms with Crippen LogP contribution in [0.1, 0.15) is 58.4 Å². The molecule has 1 aliphatic rings. The second-order valence-corrected chi connectivity index (χ2v) is 8.47. The number of benzene rings is 1. The number of hydrogen-bond acceptors (Lipinski definition) is 4. The van der Waals surface area contributed by atoms with E-state index in [0.717, 1.165) is 12.0 Å². The number of aliphatic carboxylic acids is 1. The van der Waals surface area contributed by atoms with Crippen LogP contribution in [0.3, 0.4) is 0 Å². The number of carbonyl (C=O) groups is 3. The molecule has 0 spiro atoms. The van der Waals surface area contributed by atoms with Crippen LogP contribution in [0.25, 0.3) is 5.57 Å². The summed E-state index contributed by atoms with van der Waals surface area (Å²) >= 11 is 0. The van der Waals surface area contributed by atoms with Crippen LogP contribution < -0.4 is 5.32 Å². The maximum Gasteiger partial charge on any atom is 0.308 e. The van der Waals surface area contributed by atoms with E-state index >= 15 is 0 Å². The van der Waals surface area contributed by atoms with Gasteiger partial charge in [0.25, 0.3) is 0 Å². The summed E-state index contributed by atoms with van der Waals surface area (Å²) in [4.78, 5) is 35.2. The topological polar surface area (TPSA) is 92.7 Å². The molecule has 0 aromatic heterocycles. The van der Waals surface area contributed by atoms with Gasteiger partial charge in [-0.15, -0.1) is 0 Å². The van der Waals surface area contributed by atoms with E-state index in [4.69, 9.17) is 9.84 Å². The molecule has 2 rings (SSSR count). The molecule has 0 fully saturated rings. The van der Waals surface area contributed by atoms with Gasteiger partial charge in [0, 0.05) is 12.5 Å². The summed E-state index contributed by atoms with van der Waals surface area (Å²) in [5.41, 5.74) is 2.15. The average molecular weight is 428 g/mol. The Morgan fingerprint density at radius 3 is 2.48 bits per heavy atom. The van der Waals surface area contributed by atoms with Crippen molar-refractivity contribution in [1.82, 2.24) is 5.32 Å². The maximum absolute atomic E-state index is 12.3. The number of hydrogen-bond donors (Lipinski definition) is 2. The van der Waals surface area contributed by atoms with Gasteiger partial charge < -0.3 is 15.2 Å². The zero-order chi connectivity index (χ0) is 22.9. The number of allylic oxidation sites excluding steroid dienone is 4. The number of carboxylic acid groups (broad SMARTS) is 1. The SMILES string of the molecule is CCOC(=O)C(C)C[C@@H](CC1(C)C=CC(c2ccccc2)=CC1)NC(=O)CCC(=O)O. The van der Waals surface area contributed by atoms with E-state index in [0.29, 0.717) is 19.4 Å². The van der Waals surface area contributed by atoms with Gasteiger partial charge in [-0.25, -0.2) is 0 Å². The van der Waals surface area contributed by atoms with Crippen LogP contribution in [0.4, 0.5) is 0 Å². The molecule has 0 saturated carbocycles. The molecule has 1 amide bonds. The van der Waals surface area contributed by atoms with Crippen LogP contribution in [0.2, 0.25) is 0 Å². The molecule has 1 aromatic carbocycles. The van der Waals surface area contributed by atoms with Gasteiger partial charge in [0.1, 0.15) is 0 Å². The van der Waals surface area contributed by atoms with Crippen molar-refractivity contribution in [3.8, 4) is 0 Å². The first-order chi connectivity index (χ1) is 14.7. The minimum atomic E-state index is -1.01. The molecule has 6 nitrogen and oxygen atoms in total. The molecular weight excluding hydrogens is 394 g/mol. The summed E-state index contributed by atoms with van der Waals surface area (Å²) in [5, 5.41) is 11.8. The fraction of sp³-hybridized carbons (Fsp3) is 0.480. The molecule has 31 heavy (non-hydrogen) atoms. The van der Waals surface area contributed by atoms with Crippen LogP contribution in [-0.2, 0) is 19.1 Å². The minimum Gasteiger partial charge on any atom is -0.481 e. The molecule has 2 N–H and O–H groups in total. The number of carbonyl (C=O) groups excluding carboxylic acids is 2. The monoisotopic (exact) mass is 427 g/mol. The fourth-order valence-electron chi connectivity index (χ4n) is 3.85. The lowest BCUT2D eigenvalue weighted by atomic mass is 9.75. The van der Waals surface area contributed by atoms with E-state index in [9.17, 15) is 14.4 Å². The predicted octanol–water partition coefficient (Wildman–Crippen LogP) is 4.37. The van der Waals surface area contributed by atoms with Gasteiger partial charge in [0.05, 0.1) is 18.9 Å². The number of ether oxygens (including phenoxy) is 1. The van der Waals surface area contributed by atoms with E-state index in [2.05, 4.69) is 42.6 Å². The first kappa shape index (κ1) is 24.4. The fourth-order valence-corrected chi connectivity index (χ4v) is 3.85. The molecule has 1 aliphatic carbocycles. The predicted molar refractivity (Wildman–Crippen MR) is 120 cm³/mol. The van der Waals surface area contributed by atoms with Crippen LogP contribution in [0.5, 0.6) is 0 Å². The quantitative estimate of drug-likeness (QED) is 0.512. The number of carboxylic acids is 1. The number of rotatable bonds is 11. The Morgan fingerprint density at radius 1 is 1.19 bits per heavy atom. The molecule has 0 bridgehead atoms. The van der Waals surface area contributed by atoms with Crippen molar-refractivity contribution in [3.63, 3.8) is 0 Å². The van der Waals surface area contributed by atoms with Gasteiger partial charge in [-0.3, -0.25) is 14.4 Å². The van der Waals surface area contributed by atoms with Gasteiger partial charge in [-0.2, -0.15) is 0 Å². The van der Waals surface area contributed by atoms with E-state index in [1.807, 2.05) is 18.2 Å². The molecule has 0 saturated heterocycles. The Hall–Kier alpha value is -2.89. The molecule has 168 valence electrons. The molecule has 1 aromatic rings. The Bertz CT molecular complexity index is 830. The van der Waals surface area contributed by atoms with E-state index in [-0.39, 0.29) is 42.1 Å². The van der Waals surface area contributed by atoms with Gasteiger partial charge in [0.2, 0.25) is 5.91 Å². The van der Waals surface area contributed by atoms with Crippen molar-refractivity contribution in [2.75, 3.05) is 6.61 Å². The van der Waals surface area contributed by atoms with Crippen molar-refractivity contribution < 1.29 is 24.2 Å². The molecule has 0 aliphatic heterocycles. The summed E-state index contributed by atoms with van der Waals surface area (Å²) in [6.07, 6.45) is 8.08. The standard InChI is InChI=1S/C25H33NO5/c1-4-31-24(30)18(2)16-21(26-22(27)10-11-23(28)29)17-25(3)14-12-20(13-15-25)19-8-6-5-7-9-19/h5-9,12-14,18,21H,4,10-11,15-17H2,1-3H3,(H,26,27)(H,28,29)/t18?,21-,25?/m0/s1. The first-order valence-electron chi connectivity index (χ1n) is 10.8. The summed E-state index contributed by atoms with van der Waals surface area (Å²) in [6.45, 7) is 6.00. The van der Waals surface area contributed by atoms with Crippen LogP contribution in [-0.4, -0.2) is 35.6 Å². The van der Waals surface area contributed by atoms with Gasteiger partial charge in [0.15, 0.2) is 0 Å². The highest BCUT2D eigenvalue weighted by atomic mass is 16.5. The van der Waals surface area contributed by atoms with Crippen molar-refractivity contribution in [1.29, 1.82) is 0 Å². The van der Waals surface area contributed by atoms with Crippen molar-refractivity contribution in [2.24, 2.45) is 11.3 Å². The van der Waals surface area contributed by atoms with Crippen LogP contribution in [0.15, 0.2) is 48.6 Å². The second kappa shape index (κ2) is 11.5. The lowest BCUT2D eigenvalue weighted by Crippen LogP contribution is -2.40. The Labute approximate surface area is 184 Å². The largest absolute Gasteiger partial charge is 0.481 e. The summed E-state index contributed by atoms with van der Waals surface area (Å²) in [6, 6.07) is 9.90. The minimum absolute atomic E-state index is 0.0791. The first-order valence-corrected chi connectivity index (χ1v) is 10.8. The third kappa shape index (κ3) is 8.04. The smallest absolute Gasteiger partial charge is 0.308 e. The highest BCUT2D eigenvalue weighted by molar-refractivity contribution is 5.81. The normalized spacial score (nSPS) is 19.8. The second-order valence-electron chi connectivity index (χ2n) is 8.47. The summed E-state index contributed by atoms with van der Waals surface area (Å²) in [5.74, 6) is -1.97. The molecule has 6 heteroatoms. The van der Waals surface area contributed by atoms with Crippen molar-refractivity contribution >= 4 is 23.4 Å². The van der Waals surface area contributed by atoms with E-state index in [1.54, 1.807) is 13.8 Å².